The van der Waals surface area contributed by atoms with E-state index in [1.807, 2.05) is 0 Å². The van der Waals surface area contributed by atoms with E-state index in [1.165, 1.54) is 77.0 Å². The maximum absolute atomic E-state index is 2.40. The molecular weight excluding hydrogens is 240 g/mol. The smallest absolute Gasteiger partial charge is 0.0409 e. The minimum absolute atomic E-state index is 0.954. The Balaban J connectivity index is 1.79. The Morgan fingerprint density at radius 3 is 1.85 bits per heavy atom. The van der Waals surface area contributed by atoms with Gasteiger partial charge in [-0.3, -0.25) is 0 Å². The molecule has 0 spiro atoms. The Bertz CT molecular complexity index is 202. The lowest BCUT2D eigenvalue weighted by Crippen LogP contribution is -2.23. The molecule has 1 aliphatic carbocycles. The summed E-state index contributed by atoms with van der Waals surface area (Å²) in [5, 5.41) is 0. The third-order valence-electron chi connectivity index (χ3n) is 5.56. The number of unbranched alkanes of at least 4 members (excludes halogenated alkanes) is 6. The van der Waals surface area contributed by atoms with Crippen molar-refractivity contribution in [1.82, 2.24) is 0 Å². The molecule has 0 aromatic heterocycles. The summed E-state index contributed by atoms with van der Waals surface area (Å²) in [7, 11) is 0. The van der Waals surface area contributed by atoms with Crippen molar-refractivity contribution in [2.24, 2.45) is 17.8 Å². The van der Waals surface area contributed by atoms with Gasteiger partial charge in [-0.2, -0.15) is 0 Å². The van der Waals surface area contributed by atoms with E-state index in [9.17, 15) is 0 Å². The van der Waals surface area contributed by atoms with Gasteiger partial charge in [0, 0.05) is 0 Å². The largest absolute Gasteiger partial charge is 0.0654 e. The van der Waals surface area contributed by atoms with Crippen LogP contribution in [0.4, 0.5) is 0 Å². The van der Waals surface area contributed by atoms with Crippen molar-refractivity contribution in [3.63, 3.8) is 0 Å². The molecule has 0 radical (unpaired) electrons. The van der Waals surface area contributed by atoms with E-state index < -0.39 is 0 Å². The average molecular weight is 281 g/mol. The normalized spacial score (nSPS) is 23.6. The van der Waals surface area contributed by atoms with Gasteiger partial charge in [-0.15, -0.1) is 0 Å². The van der Waals surface area contributed by atoms with Gasteiger partial charge in [0.1, 0.15) is 0 Å². The van der Waals surface area contributed by atoms with Crippen molar-refractivity contribution in [2.45, 2.75) is 111 Å². The minimum atomic E-state index is 0.954. The first-order valence-electron chi connectivity index (χ1n) is 9.76. The minimum Gasteiger partial charge on any atom is -0.0654 e. The van der Waals surface area contributed by atoms with Crippen molar-refractivity contribution in [1.29, 1.82) is 0 Å². The van der Waals surface area contributed by atoms with Crippen LogP contribution in [0.1, 0.15) is 111 Å². The summed E-state index contributed by atoms with van der Waals surface area (Å²) >= 11 is 0. The molecule has 0 aromatic carbocycles. The fraction of sp³-hybridized carbons (Fsp3) is 1.00. The van der Waals surface area contributed by atoms with Gasteiger partial charge in [0.15, 0.2) is 0 Å². The molecule has 1 rings (SSSR count). The Hall–Kier alpha value is 0. The van der Waals surface area contributed by atoms with Gasteiger partial charge in [0.05, 0.1) is 0 Å². The Labute approximate surface area is 129 Å². The highest BCUT2D eigenvalue weighted by atomic mass is 14.3. The van der Waals surface area contributed by atoms with E-state index in [1.54, 1.807) is 12.8 Å². The van der Waals surface area contributed by atoms with Gasteiger partial charge in [-0.25, -0.2) is 0 Å². The standard InChI is InChI=1S/C20H40/c1-4-6-7-11-14-19-16-20(17-19)15-12-9-8-10-13-18(3)5-2/h18-20H,4-17H2,1-3H3. The lowest BCUT2D eigenvalue weighted by atomic mass is 9.70. The maximum Gasteiger partial charge on any atom is -0.0409 e. The zero-order valence-electron chi connectivity index (χ0n) is 14.6. The van der Waals surface area contributed by atoms with Crippen LogP contribution >= 0.6 is 0 Å². The lowest BCUT2D eigenvalue weighted by molar-refractivity contribution is 0.163. The predicted octanol–water partition coefficient (Wildman–Crippen LogP) is 7.37. The van der Waals surface area contributed by atoms with E-state index in [2.05, 4.69) is 20.8 Å². The van der Waals surface area contributed by atoms with Gasteiger partial charge in [0.25, 0.3) is 0 Å². The Morgan fingerprint density at radius 1 is 0.750 bits per heavy atom. The second-order valence-corrected chi connectivity index (χ2v) is 7.56. The van der Waals surface area contributed by atoms with E-state index in [4.69, 9.17) is 0 Å². The van der Waals surface area contributed by atoms with Crippen molar-refractivity contribution in [3.05, 3.63) is 0 Å². The Kier molecular flexibility index (Phi) is 10.5. The SMILES string of the molecule is CCCCCCC1CC(CCCCCCC(C)CC)C1. The second kappa shape index (κ2) is 11.6. The highest BCUT2D eigenvalue weighted by molar-refractivity contribution is 4.79. The van der Waals surface area contributed by atoms with Gasteiger partial charge in [-0.05, 0) is 30.6 Å². The molecule has 0 N–H and O–H groups in total. The monoisotopic (exact) mass is 280 g/mol. The molecule has 0 amide bonds. The number of hydrogen-bond donors (Lipinski definition) is 0. The molecule has 20 heavy (non-hydrogen) atoms. The first-order valence-corrected chi connectivity index (χ1v) is 9.76. The van der Waals surface area contributed by atoms with Crippen LogP contribution in [0.2, 0.25) is 0 Å². The van der Waals surface area contributed by atoms with Crippen LogP contribution in [0.25, 0.3) is 0 Å². The van der Waals surface area contributed by atoms with E-state index in [0.717, 1.165) is 17.8 Å². The molecule has 0 aromatic rings. The zero-order chi connectivity index (χ0) is 14.6. The molecule has 0 heterocycles. The van der Waals surface area contributed by atoms with Crippen molar-refractivity contribution < 1.29 is 0 Å². The van der Waals surface area contributed by atoms with Crippen molar-refractivity contribution >= 4 is 0 Å². The van der Waals surface area contributed by atoms with E-state index >= 15 is 0 Å². The summed E-state index contributed by atoms with van der Waals surface area (Å²) in [6, 6.07) is 0. The highest BCUT2D eigenvalue weighted by Crippen LogP contribution is 2.40. The Morgan fingerprint density at radius 2 is 1.30 bits per heavy atom. The van der Waals surface area contributed by atoms with Crippen LogP contribution in [0.5, 0.6) is 0 Å². The molecule has 0 saturated heterocycles. The van der Waals surface area contributed by atoms with Crippen LogP contribution in [-0.4, -0.2) is 0 Å². The third kappa shape index (κ3) is 8.32. The summed E-state index contributed by atoms with van der Waals surface area (Å²) in [6.45, 7) is 7.03. The molecule has 0 bridgehead atoms. The van der Waals surface area contributed by atoms with Gasteiger partial charge >= 0.3 is 0 Å². The molecule has 0 nitrogen and oxygen atoms in total. The molecule has 1 atom stereocenters. The summed E-state index contributed by atoms with van der Waals surface area (Å²) in [5.41, 5.74) is 0. The highest BCUT2D eigenvalue weighted by Gasteiger charge is 2.27. The number of hydrogen-bond acceptors (Lipinski definition) is 0. The maximum atomic E-state index is 2.40. The van der Waals surface area contributed by atoms with Crippen LogP contribution in [0.3, 0.4) is 0 Å². The van der Waals surface area contributed by atoms with Crippen LogP contribution < -0.4 is 0 Å². The van der Waals surface area contributed by atoms with Crippen molar-refractivity contribution in [2.75, 3.05) is 0 Å². The summed E-state index contributed by atoms with van der Waals surface area (Å²) in [5.74, 6) is 3.18. The number of rotatable bonds is 13. The topological polar surface area (TPSA) is 0 Å². The van der Waals surface area contributed by atoms with Gasteiger partial charge in [-0.1, -0.05) is 97.8 Å². The molecule has 120 valence electrons. The summed E-state index contributed by atoms with van der Waals surface area (Å²) in [6.07, 6.45) is 20.8. The van der Waals surface area contributed by atoms with Crippen LogP contribution in [0, 0.1) is 17.8 Å². The molecular formula is C20H40. The molecule has 0 aliphatic heterocycles. The summed E-state index contributed by atoms with van der Waals surface area (Å²) < 4.78 is 0. The van der Waals surface area contributed by atoms with Crippen molar-refractivity contribution in [3.8, 4) is 0 Å². The lowest BCUT2D eigenvalue weighted by Gasteiger charge is -2.35. The van der Waals surface area contributed by atoms with E-state index in [-0.39, 0.29) is 0 Å². The first kappa shape index (κ1) is 18.1. The van der Waals surface area contributed by atoms with Gasteiger partial charge < -0.3 is 0 Å². The third-order valence-corrected chi connectivity index (χ3v) is 5.56. The van der Waals surface area contributed by atoms with Crippen LogP contribution in [0.15, 0.2) is 0 Å². The molecule has 1 unspecified atom stereocenters. The fourth-order valence-electron chi connectivity index (χ4n) is 3.69. The molecule has 0 heteroatoms. The summed E-state index contributed by atoms with van der Waals surface area (Å²) in [4.78, 5) is 0. The van der Waals surface area contributed by atoms with Gasteiger partial charge in [0.2, 0.25) is 0 Å². The first-order chi connectivity index (χ1) is 9.76. The predicted molar refractivity (Wildman–Crippen MR) is 92.1 cm³/mol. The zero-order valence-corrected chi connectivity index (χ0v) is 14.6. The molecule has 1 saturated carbocycles. The van der Waals surface area contributed by atoms with Crippen LogP contribution in [-0.2, 0) is 0 Å². The quantitative estimate of drug-likeness (QED) is 0.309. The average Bonchev–Trinajstić information content (AvgIpc) is 2.42. The second-order valence-electron chi connectivity index (χ2n) is 7.56. The van der Waals surface area contributed by atoms with E-state index in [0.29, 0.717) is 0 Å². The molecule has 1 fully saturated rings. The molecule has 1 aliphatic rings. The fourth-order valence-corrected chi connectivity index (χ4v) is 3.69.